The van der Waals surface area contributed by atoms with Gasteiger partial charge in [0, 0.05) is 15.3 Å². The quantitative estimate of drug-likeness (QED) is 0.162. The van der Waals surface area contributed by atoms with E-state index >= 15 is 0 Å². The molecule has 0 atom stereocenters. The molecule has 0 aromatic heterocycles. The molecule has 46 heavy (non-hydrogen) atoms. The summed E-state index contributed by atoms with van der Waals surface area (Å²) >= 11 is 3.57. The first kappa shape index (κ1) is 29.0. The predicted octanol–water partition coefficient (Wildman–Crippen LogP) is 12.5. The standard InChI is InChI=1S/C45H37Br/c1-44(2)40-11-7-5-9-36(40)38-23-13-29(27-42(38)44)25-34(33-17-15-31(16-18-33)32-19-21-35(46)22-20-32)26-30-14-24-39-37-10-6-8-12-41(37)45(3,4)43(39)28-30/h5-25,27-28H,26H2,1-4H3/b34-25-. The Morgan fingerprint density at radius 2 is 1.02 bits per heavy atom. The Hall–Kier alpha value is -4.46. The van der Waals surface area contributed by atoms with Crippen LogP contribution in [0.1, 0.15) is 66.6 Å². The van der Waals surface area contributed by atoms with Crippen molar-refractivity contribution in [2.45, 2.75) is 44.9 Å². The third kappa shape index (κ3) is 4.72. The van der Waals surface area contributed by atoms with Crippen LogP contribution in [0.25, 0.3) is 45.0 Å². The first-order valence-electron chi connectivity index (χ1n) is 16.2. The van der Waals surface area contributed by atoms with Crippen LogP contribution in [-0.4, -0.2) is 0 Å². The van der Waals surface area contributed by atoms with Gasteiger partial charge < -0.3 is 0 Å². The van der Waals surface area contributed by atoms with Gasteiger partial charge in [-0.05, 0) is 96.5 Å². The Morgan fingerprint density at radius 3 is 1.63 bits per heavy atom. The van der Waals surface area contributed by atoms with Crippen LogP contribution >= 0.6 is 15.9 Å². The number of hydrogen-bond donors (Lipinski definition) is 0. The largest absolute Gasteiger partial charge is 0.0619 e. The van der Waals surface area contributed by atoms with Gasteiger partial charge in [-0.2, -0.15) is 0 Å². The lowest BCUT2D eigenvalue weighted by atomic mass is 9.81. The molecule has 0 aliphatic heterocycles. The van der Waals surface area contributed by atoms with Gasteiger partial charge in [-0.15, -0.1) is 0 Å². The van der Waals surface area contributed by atoms with Crippen LogP contribution in [0.4, 0.5) is 0 Å². The lowest BCUT2D eigenvalue weighted by molar-refractivity contribution is 0.659. The number of halogens is 1. The third-order valence-electron chi connectivity index (χ3n) is 10.4. The molecule has 1 heteroatoms. The van der Waals surface area contributed by atoms with Crippen molar-refractivity contribution in [1.29, 1.82) is 0 Å². The van der Waals surface area contributed by atoms with Crippen LogP contribution < -0.4 is 0 Å². The third-order valence-corrected chi connectivity index (χ3v) is 11.0. The van der Waals surface area contributed by atoms with Crippen LogP contribution in [0, 0.1) is 0 Å². The maximum Gasteiger partial charge on any atom is 0.0175 e. The van der Waals surface area contributed by atoms with E-state index in [9.17, 15) is 0 Å². The molecule has 0 unspecified atom stereocenters. The van der Waals surface area contributed by atoms with Crippen molar-refractivity contribution in [2.75, 3.05) is 0 Å². The van der Waals surface area contributed by atoms with E-state index in [0.29, 0.717) is 0 Å². The van der Waals surface area contributed by atoms with Crippen molar-refractivity contribution < 1.29 is 0 Å². The van der Waals surface area contributed by atoms with E-state index < -0.39 is 0 Å². The van der Waals surface area contributed by atoms with Gasteiger partial charge in [0.2, 0.25) is 0 Å². The molecule has 0 heterocycles. The molecule has 2 aliphatic carbocycles. The van der Waals surface area contributed by atoms with Crippen molar-refractivity contribution in [3.05, 3.63) is 177 Å². The smallest absolute Gasteiger partial charge is 0.0175 e. The Kier molecular flexibility index (Phi) is 6.81. The van der Waals surface area contributed by atoms with Crippen molar-refractivity contribution in [3.8, 4) is 33.4 Å². The molecule has 8 rings (SSSR count). The van der Waals surface area contributed by atoms with Gasteiger partial charge in [-0.1, -0.05) is 171 Å². The van der Waals surface area contributed by atoms with E-state index in [1.807, 2.05) is 0 Å². The summed E-state index contributed by atoms with van der Waals surface area (Å²) in [6.07, 6.45) is 3.28. The van der Waals surface area contributed by atoms with E-state index in [1.54, 1.807) is 0 Å². The normalized spacial score (nSPS) is 15.2. The van der Waals surface area contributed by atoms with E-state index in [4.69, 9.17) is 0 Å². The van der Waals surface area contributed by atoms with Crippen LogP contribution in [0.3, 0.4) is 0 Å². The molecule has 0 radical (unpaired) electrons. The molecule has 224 valence electrons. The molecular weight excluding hydrogens is 620 g/mol. The van der Waals surface area contributed by atoms with E-state index in [1.165, 1.54) is 77.9 Å². The van der Waals surface area contributed by atoms with E-state index in [2.05, 4.69) is 183 Å². The van der Waals surface area contributed by atoms with Crippen LogP contribution in [0.15, 0.2) is 138 Å². The number of hydrogen-bond acceptors (Lipinski definition) is 0. The summed E-state index contributed by atoms with van der Waals surface area (Å²) < 4.78 is 1.10. The van der Waals surface area contributed by atoms with Gasteiger partial charge in [0.05, 0.1) is 0 Å². The summed E-state index contributed by atoms with van der Waals surface area (Å²) in [5, 5.41) is 0. The second kappa shape index (κ2) is 10.8. The molecule has 0 saturated carbocycles. The summed E-state index contributed by atoms with van der Waals surface area (Å²) in [6, 6.07) is 49.6. The molecule has 0 saturated heterocycles. The highest BCUT2D eigenvalue weighted by atomic mass is 79.9. The van der Waals surface area contributed by atoms with Crippen molar-refractivity contribution in [2.24, 2.45) is 0 Å². The lowest BCUT2D eigenvalue weighted by Crippen LogP contribution is -2.15. The van der Waals surface area contributed by atoms with Crippen molar-refractivity contribution in [3.63, 3.8) is 0 Å². The van der Waals surface area contributed by atoms with Gasteiger partial charge in [-0.3, -0.25) is 0 Å². The van der Waals surface area contributed by atoms with E-state index in [0.717, 1.165) is 10.9 Å². The molecule has 6 aromatic carbocycles. The van der Waals surface area contributed by atoms with Crippen LogP contribution in [0.2, 0.25) is 0 Å². The summed E-state index contributed by atoms with van der Waals surface area (Å²) in [4.78, 5) is 0. The molecule has 0 spiro atoms. The number of benzene rings is 6. The minimum absolute atomic E-state index is 0.0152. The maximum atomic E-state index is 3.57. The zero-order chi connectivity index (χ0) is 31.6. The Bertz CT molecular complexity index is 2160. The first-order valence-corrected chi connectivity index (χ1v) is 17.0. The topological polar surface area (TPSA) is 0 Å². The molecule has 0 fully saturated rings. The highest BCUT2D eigenvalue weighted by Gasteiger charge is 2.36. The fourth-order valence-corrected chi connectivity index (χ4v) is 8.11. The predicted molar refractivity (Wildman–Crippen MR) is 199 cm³/mol. The molecule has 0 amide bonds. The zero-order valence-corrected chi connectivity index (χ0v) is 28.5. The maximum absolute atomic E-state index is 3.57. The van der Waals surface area contributed by atoms with Gasteiger partial charge in [-0.25, -0.2) is 0 Å². The number of allylic oxidation sites excluding steroid dienone is 1. The molecule has 2 aliphatic rings. The molecule has 0 nitrogen and oxygen atoms in total. The first-order chi connectivity index (χ1) is 22.2. The molecule has 0 N–H and O–H groups in total. The highest BCUT2D eigenvalue weighted by Crippen LogP contribution is 2.50. The SMILES string of the molecule is CC1(C)c2ccccc2-c2ccc(/C=C(/Cc3ccc4c(c3)C(C)(C)c3ccccc3-4)c3ccc(-c4ccc(Br)cc4)cc3)cc21. The fraction of sp³-hybridized carbons (Fsp3) is 0.156. The fourth-order valence-electron chi connectivity index (χ4n) is 7.85. The average Bonchev–Trinajstić information content (AvgIpc) is 3.44. The Balaban J connectivity index is 1.21. The molecule has 0 bridgehead atoms. The monoisotopic (exact) mass is 656 g/mol. The molecule has 6 aromatic rings. The van der Waals surface area contributed by atoms with Crippen LogP contribution in [0.5, 0.6) is 0 Å². The number of fused-ring (bicyclic) bond motifs is 6. The zero-order valence-electron chi connectivity index (χ0n) is 26.9. The van der Waals surface area contributed by atoms with Crippen molar-refractivity contribution >= 4 is 27.6 Å². The highest BCUT2D eigenvalue weighted by molar-refractivity contribution is 9.10. The Labute approximate surface area is 281 Å². The van der Waals surface area contributed by atoms with Crippen LogP contribution in [-0.2, 0) is 17.3 Å². The van der Waals surface area contributed by atoms with Gasteiger partial charge in [0.25, 0.3) is 0 Å². The van der Waals surface area contributed by atoms with Gasteiger partial charge in [0.15, 0.2) is 0 Å². The minimum Gasteiger partial charge on any atom is -0.0619 e. The lowest BCUT2D eigenvalue weighted by Gasteiger charge is -2.22. The van der Waals surface area contributed by atoms with E-state index in [-0.39, 0.29) is 10.8 Å². The second-order valence-electron chi connectivity index (χ2n) is 14.0. The summed E-state index contributed by atoms with van der Waals surface area (Å²) in [5.41, 5.74) is 18.7. The average molecular weight is 658 g/mol. The summed E-state index contributed by atoms with van der Waals surface area (Å²) in [5.74, 6) is 0. The molecular formula is C45H37Br. The van der Waals surface area contributed by atoms with Gasteiger partial charge in [0.1, 0.15) is 0 Å². The Morgan fingerprint density at radius 1 is 0.522 bits per heavy atom. The number of rotatable bonds is 5. The summed E-state index contributed by atoms with van der Waals surface area (Å²) in [7, 11) is 0. The van der Waals surface area contributed by atoms with Gasteiger partial charge >= 0.3 is 0 Å². The summed E-state index contributed by atoms with van der Waals surface area (Å²) in [6.45, 7) is 9.45. The second-order valence-corrected chi connectivity index (χ2v) is 14.9. The minimum atomic E-state index is -0.0250. The van der Waals surface area contributed by atoms with Crippen molar-refractivity contribution in [1.82, 2.24) is 0 Å².